The van der Waals surface area contributed by atoms with Crippen molar-refractivity contribution in [3.05, 3.63) is 23.8 Å². The monoisotopic (exact) mass is 485 g/mol. The van der Waals surface area contributed by atoms with Crippen LogP contribution in [0.5, 0.6) is 0 Å². The van der Waals surface area contributed by atoms with Crippen LogP contribution in [0.2, 0.25) is 0 Å². The molecule has 0 unspecified atom stereocenters. The van der Waals surface area contributed by atoms with Crippen LogP contribution in [0.15, 0.2) is 27.4 Å². The Labute approximate surface area is 191 Å². The summed E-state index contributed by atoms with van der Waals surface area (Å²) in [5, 5.41) is 14.6. The van der Waals surface area contributed by atoms with Gasteiger partial charge in [0, 0.05) is 32.9 Å². The third kappa shape index (κ3) is 6.16. The topological polar surface area (TPSA) is 114 Å². The standard InChI is InChI=1S/C19H27N5O4S3/c1-12-7-8-15(31(26,27)24(3)4)10-16(12)21-17(25)13(2)29-19-23-22-18(30-19)20-11-14-6-5-9-28-14/h7-8,10,13-14H,5-6,9,11H2,1-4H3,(H,20,22)(H,21,25)/t13-,14+/m1/s1. The molecule has 9 nitrogen and oxygen atoms in total. The highest BCUT2D eigenvalue weighted by Crippen LogP contribution is 2.30. The smallest absolute Gasteiger partial charge is 0.242 e. The van der Waals surface area contributed by atoms with Crippen molar-refractivity contribution in [2.45, 2.75) is 47.3 Å². The second-order valence-corrected chi connectivity index (χ2v) is 12.1. The molecule has 170 valence electrons. The molecule has 0 saturated carbocycles. The Balaban J connectivity index is 1.59. The van der Waals surface area contributed by atoms with Gasteiger partial charge in [-0.3, -0.25) is 4.79 Å². The largest absolute Gasteiger partial charge is 0.376 e. The van der Waals surface area contributed by atoms with Gasteiger partial charge < -0.3 is 15.4 Å². The molecule has 1 aliphatic rings. The molecule has 0 radical (unpaired) electrons. The second-order valence-electron chi connectivity index (χ2n) is 7.40. The number of amides is 1. The molecule has 0 bridgehead atoms. The zero-order valence-corrected chi connectivity index (χ0v) is 20.4. The van der Waals surface area contributed by atoms with E-state index in [-0.39, 0.29) is 16.9 Å². The van der Waals surface area contributed by atoms with E-state index in [1.165, 1.54) is 49.3 Å². The summed E-state index contributed by atoms with van der Waals surface area (Å²) in [4.78, 5) is 12.8. The summed E-state index contributed by atoms with van der Waals surface area (Å²) in [6, 6.07) is 4.70. The van der Waals surface area contributed by atoms with Crippen LogP contribution >= 0.6 is 23.1 Å². The Morgan fingerprint density at radius 3 is 2.84 bits per heavy atom. The first-order chi connectivity index (χ1) is 14.7. The fourth-order valence-electron chi connectivity index (χ4n) is 2.88. The summed E-state index contributed by atoms with van der Waals surface area (Å²) in [5.74, 6) is -0.239. The number of carbonyl (C=O) groups excluding carboxylic acids is 1. The van der Waals surface area contributed by atoms with Crippen LogP contribution in [0.4, 0.5) is 10.8 Å². The lowest BCUT2D eigenvalue weighted by atomic mass is 10.2. The van der Waals surface area contributed by atoms with Gasteiger partial charge in [-0.25, -0.2) is 12.7 Å². The Morgan fingerprint density at radius 1 is 1.39 bits per heavy atom. The van der Waals surface area contributed by atoms with E-state index in [0.717, 1.165) is 29.3 Å². The van der Waals surface area contributed by atoms with Crippen molar-refractivity contribution in [2.24, 2.45) is 0 Å². The lowest BCUT2D eigenvalue weighted by molar-refractivity contribution is -0.115. The van der Waals surface area contributed by atoms with Gasteiger partial charge in [0.25, 0.3) is 0 Å². The third-order valence-electron chi connectivity index (χ3n) is 4.80. The minimum absolute atomic E-state index is 0.129. The normalized spacial score (nSPS) is 17.6. The fraction of sp³-hybridized carbons (Fsp3) is 0.526. The molecule has 1 aromatic heterocycles. The van der Waals surface area contributed by atoms with Crippen molar-refractivity contribution >= 4 is 49.8 Å². The number of sulfonamides is 1. The van der Waals surface area contributed by atoms with Gasteiger partial charge >= 0.3 is 0 Å². The van der Waals surface area contributed by atoms with Crippen molar-refractivity contribution in [1.82, 2.24) is 14.5 Å². The van der Waals surface area contributed by atoms with Gasteiger partial charge in [-0.15, -0.1) is 10.2 Å². The Kier molecular flexibility index (Phi) is 7.92. The first-order valence-corrected chi connectivity index (χ1v) is 13.0. The quantitative estimate of drug-likeness (QED) is 0.521. The van der Waals surface area contributed by atoms with E-state index >= 15 is 0 Å². The van der Waals surface area contributed by atoms with Crippen LogP contribution < -0.4 is 10.6 Å². The van der Waals surface area contributed by atoms with E-state index in [4.69, 9.17) is 4.74 Å². The molecular weight excluding hydrogens is 458 g/mol. The van der Waals surface area contributed by atoms with E-state index in [1.807, 2.05) is 6.92 Å². The van der Waals surface area contributed by atoms with E-state index in [9.17, 15) is 13.2 Å². The van der Waals surface area contributed by atoms with Gasteiger partial charge in [-0.2, -0.15) is 0 Å². The number of benzene rings is 1. The molecule has 1 saturated heterocycles. The van der Waals surface area contributed by atoms with Crippen molar-refractivity contribution in [2.75, 3.05) is 37.9 Å². The number of ether oxygens (including phenoxy) is 1. The molecule has 2 heterocycles. The molecule has 1 aromatic carbocycles. The summed E-state index contributed by atoms with van der Waals surface area (Å²) < 4.78 is 32.2. The molecule has 2 N–H and O–H groups in total. The van der Waals surface area contributed by atoms with Crippen LogP contribution in [0.25, 0.3) is 0 Å². The highest BCUT2D eigenvalue weighted by atomic mass is 32.2. The number of nitrogens with one attached hydrogen (secondary N) is 2. The number of anilines is 2. The average Bonchev–Trinajstić information content (AvgIpc) is 3.39. The van der Waals surface area contributed by atoms with Gasteiger partial charge in [0.05, 0.1) is 16.2 Å². The molecule has 31 heavy (non-hydrogen) atoms. The number of hydrogen-bond donors (Lipinski definition) is 2. The molecular formula is C19H27N5O4S3. The number of carbonyl (C=O) groups is 1. The van der Waals surface area contributed by atoms with Gasteiger partial charge in [0.1, 0.15) is 0 Å². The molecule has 3 rings (SSSR count). The lowest BCUT2D eigenvalue weighted by Crippen LogP contribution is -2.24. The van der Waals surface area contributed by atoms with Crippen LogP contribution in [-0.4, -0.2) is 67.4 Å². The number of rotatable bonds is 9. The highest BCUT2D eigenvalue weighted by molar-refractivity contribution is 8.02. The first kappa shape index (κ1) is 23.9. The second kappa shape index (κ2) is 10.3. The van der Waals surface area contributed by atoms with E-state index in [2.05, 4.69) is 20.8 Å². The van der Waals surface area contributed by atoms with Crippen LogP contribution in [0.1, 0.15) is 25.3 Å². The van der Waals surface area contributed by atoms with Crippen molar-refractivity contribution in [1.29, 1.82) is 0 Å². The molecule has 2 aromatic rings. The highest BCUT2D eigenvalue weighted by Gasteiger charge is 2.22. The van der Waals surface area contributed by atoms with Gasteiger partial charge in [-0.1, -0.05) is 29.2 Å². The number of aryl methyl sites for hydroxylation is 1. The number of nitrogens with zero attached hydrogens (tertiary/aromatic N) is 3. The van der Waals surface area contributed by atoms with E-state index in [1.54, 1.807) is 13.0 Å². The molecule has 1 fully saturated rings. The predicted molar refractivity (Wildman–Crippen MR) is 123 cm³/mol. The maximum absolute atomic E-state index is 12.7. The fourth-order valence-corrected chi connectivity index (χ4v) is 5.71. The first-order valence-electron chi connectivity index (χ1n) is 9.86. The average molecular weight is 486 g/mol. The Bertz CT molecular complexity index is 1020. The van der Waals surface area contributed by atoms with Crippen molar-refractivity contribution in [3.8, 4) is 0 Å². The van der Waals surface area contributed by atoms with E-state index < -0.39 is 15.3 Å². The molecule has 2 atom stereocenters. The molecule has 0 aliphatic carbocycles. The third-order valence-corrected chi connectivity index (χ3v) is 8.68. The Hall–Kier alpha value is -1.73. The van der Waals surface area contributed by atoms with Crippen LogP contribution in [-0.2, 0) is 19.6 Å². The molecule has 12 heteroatoms. The number of aromatic nitrogens is 2. The van der Waals surface area contributed by atoms with Crippen LogP contribution in [0, 0.1) is 6.92 Å². The lowest BCUT2D eigenvalue weighted by Gasteiger charge is -2.15. The summed E-state index contributed by atoms with van der Waals surface area (Å²) in [5.41, 5.74) is 1.25. The minimum Gasteiger partial charge on any atom is -0.376 e. The number of hydrogen-bond acceptors (Lipinski definition) is 9. The van der Waals surface area contributed by atoms with Gasteiger partial charge in [0.15, 0.2) is 4.34 Å². The summed E-state index contributed by atoms with van der Waals surface area (Å²) >= 11 is 2.70. The maximum Gasteiger partial charge on any atom is 0.242 e. The van der Waals surface area contributed by atoms with Gasteiger partial charge in [-0.05, 0) is 44.4 Å². The Morgan fingerprint density at radius 2 is 2.16 bits per heavy atom. The van der Waals surface area contributed by atoms with Crippen molar-refractivity contribution in [3.63, 3.8) is 0 Å². The van der Waals surface area contributed by atoms with Crippen molar-refractivity contribution < 1.29 is 17.9 Å². The SMILES string of the molecule is Cc1ccc(S(=O)(=O)N(C)C)cc1NC(=O)[C@@H](C)Sc1nnc(NC[C@@H]2CCCO2)s1. The molecule has 1 aliphatic heterocycles. The maximum atomic E-state index is 12.7. The van der Waals surface area contributed by atoms with Crippen LogP contribution in [0.3, 0.4) is 0 Å². The van der Waals surface area contributed by atoms with Gasteiger partial charge in [0.2, 0.25) is 21.1 Å². The zero-order chi connectivity index (χ0) is 22.6. The minimum atomic E-state index is -3.59. The molecule has 1 amide bonds. The molecule has 0 spiro atoms. The van der Waals surface area contributed by atoms with E-state index in [0.29, 0.717) is 21.7 Å². The zero-order valence-electron chi connectivity index (χ0n) is 17.9. The number of thioether (sulfide) groups is 1. The predicted octanol–water partition coefficient (Wildman–Crippen LogP) is 2.81. The summed E-state index contributed by atoms with van der Waals surface area (Å²) in [7, 11) is -0.645. The summed E-state index contributed by atoms with van der Waals surface area (Å²) in [6.07, 6.45) is 2.33. The summed E-state index contributed by atoms with van der Waals surface area (Å²) in [6.45, 7) is 5.09.